The number of hydrogen-bond donors (Lipinski definition) is 2. The minimum absolute atomic E-state index is 0.257. The maximum atomic E-state index is 11.6. The van der Waals surface area contributed by atoms with Gasteiger partial charge in [-0.15, -0.1) is 11.8 Å². The van der Waals surface area contributed by atoms with Gasteiger partial charge in [-0.1, -0.05) is 24.6 Å². The molecule has 1 atom stereocenters. The lowest BCUT2D eigenvalue weighted by Crippen LogP contribution is -2.53. The van der Waals surface area contributed by atoms with E-state index >= 15 is 0 Å². The first-order chi connectivity index (χ1) is 9.89. The van der Waals surface area contributed by atoms with Crippen molar-refractivity contribution in [3.63, 3.8) is 0 Å². The van der Waals surface area contributed by atoms with Crippen molar-refractivity contribution in [2.45, 2.75) is 57.4 Å². The van der Waals surface area contributed by atoms with Gasteiger partial charge in [-0.2, -0.15) is 0 Å². The van der Waals surface area contributed by atoms with Crippen molar-refractivity contribution < 1.29 is 4.79 Å². The second-order valence-electron chi connectivity index (χ2n) is 5.84. The molecule has 0 aliphatic rings. The molecule has 0 aliphatic carbocycles. The Morgan fingerprint density at radius 2 is 2.10 bits per heavy atom. The summed E-state index contributed by atoms with van der Waals surface area (Å²) in [6.45, 7) is 9.07. The molecule has 0 spiro atoms. The maximum Gasteiger partial charge on any atom is 0.237 e. The van der Waals surface area contributed by atoms with Gasteiger partial charge in [0.25, 0.3) is 0 Å². The Bertz CT molecular complexity index is 476. The maximum absolute atomic E-state index is 11.6. The van der Waals surface area contributed by atoms with E-state index in [9.17, 15) is 4.79 Å². The summed E-state index contributed by atoms with van der Waals surface area (Å²) in [7, 11) is 0. The van der Waals surface area contributed by atoms with Crippen molar-refractivity contribution in [3.8, 4) is 0 Å². The Kier molecular flexibility index (Phi) is 7.26. The Morgan fingerprint density at radius 3 is 2.71 bits per heavy atom. The lowest BCUT2D eigenvalue weighted by molar-refractivity contribution is -0.124. The van der Waals surface area contributed by atoms with Crippen molar-refractivity contribution in [2.75, 3.05) is 12.3 Å². The monoisotopic (exact) mass is 308 g/mol. The standard InChI is InChI=1S/C17H28N2OS/c1-5-10-19-17(4,16(18)20)9-6-11-21-15-12-13(2)7-8-14(15)3/h7-8,12,19H,5-6,9-11H2,1-4H3,(H2,18,20). The summed E-state index contributed by atoms with van der Waals surface area (Å²) in [5.41, 5.74) is 7.55. The van der Waals surface area contributed by atoms with E-state index in [0.717, 1.165) is 31.6 Å². The molecule has 0 heterocycles. The number of amides is 1. The first-order valence-corrected chi connectivity index (χ1v) is 8.62. The largest absolute Gasteiger partial charge is 0.368 e. The van der Waals surface area contributed by atoms with Crippen LogP contribution >= 0.6 is 11.8 Å². The number of nitrogens with two attached hydrogens (primary N) is 1. The zero-order chi connectivity index (χ0) is 15.9. The number of primary amides is 1. The fourth-order valence-electron chi connectivity index (χ4n) is 2.17. The smallest absolute Gasteiger partial charge is 0.237 e. The van der Waals surface area contributed by atoms with Gasteiger partial charge in [0.05, 0.1) is 5.54 Å². The molecule has 1 aromatic carbocycles. The molecule has 3 nitrogen and oxygen atoms in total. The van der Waals surface area contributed by atoms with Gasteiger partial charge in [-0.05, 0) is 64.0 Å². The highest BCUT2D eigenvalue weighted by Gasteiger charge is 2.29. The average Bonchev–Trinajstić information content (AvgIpc) is 2.44. The second kappa shape index (κ2) is 8.44. The number of carbonyl (C=O) groups excluding carboxylic acids is 1. The minimum atomic E-state index is -0.585. The number of thioether (sulfide) groups is 1. The van der Waals surface area contributed by atoms with Crippen LogP contribution < -0.4 is 11.1 Å². The highest BCUT2D eigenvalue weighted by Crippen LogP contribution is 2.25. The van der Waals surface area contributed by atoms with Gasteiger partial charge in [0.1, 0.15) is 0 Å². The zero-order valence-electron chi connectivity index (χ0n) is 13.7. The molecule has 0 saturated heterocycles. The van der Waals surface area contributed by atoms with Gasteiger partial charge in [0.2, 0.25) is 5.91 Å². The Hall–Kier alpha value is -1.00. The van der Waals surface area contributed by atoms with Crippen LogP contribution in [0.5, 0.6) is 0 Å². The molecule has 1 unspecified atom stereocenters. The molecule has 118 valence electrons. The molecule has 0 fully saturated rings. The van der Waals surface area contributed by atoms with E-state index in [-0.39, 0.29) is 5.91 Å². The van der Waals surface area contributed by atoms with Gasteiger partial charge in [0, 0.05) is 4.90 Å². The van der Waals surface area contributed by atoms with Crippen LogP contribution in [0.15, 0.2) is 23.1 Å². The summed E-state index contributed by atoms with van der Waals surface area (Å²) in [5, 5.41) is 3.28. The number of carbonyl (C=O) groups is 1. The third-order valence-electron chi connectivity index (χ3n) is 3.73. The molecule has 1 rings (SSSR count). The van der Waals surface area contributed by atoms with Gasteiger partial charge >= 0.3 is 0 Å². The predicted octanol–water partition coefficient (Wildman–Crippen LogP) is 3.42. The third kappa shape index (κ3) is 5.71. The lowest BCUT2D eigenvalue weighted by Gasteiger charge is -2.27. The first kappa shape index (κ1) is 18.1. The van der Waals surface area contributed by atoms with E-state index in [4.69, 9.17) is 5.73 Å². The van der Waals surface area contributed by atoms with Gasteiger partial charge < -0.3 is 11.1 Å². The third-order valence-corrected chi connectivity index (χ3v) is 4.97. The van der Waals surface area contributed by atoms with Crippen LogP contribution in [-0.2, 0) is 4.79 Å². The van der Waals surface area contributed by atoms with Gasteiger partial charge in [0.15, 0.2) is 0 Å². The fourth-order valence-corrected chi connectivity index (χ4v) is 3.24. The molecule has 0 bridgehead atoms. The highest BCUT2D eigenvalue weighted by molar-refractivity contribution is 7.99. The van der Waals surface area contributed by atoms with E-state index in [1.165, 1.54) is 16.0 Å². The lowest BCUT2D eigenvalue weighted by atomic mass is 9.95. The van der Waals surface area contributed by atoms with Crippen molar-refractivity contribution in [1.29, 1.82) is 0 Å². The topological polar surface area (TPSA) is 55.1 Å². The quantitative estimate of drug-likeness (QED) is 0.543. The Balaban J connectivity index is 2.47. The molecular weight excluding hydrogens is 280 g/mol. The van der Waals surface area contributed by atoms with Crippen LogP contribution in [0.3, 0.4) is 0 Å². The van der Waals surface area contributed by atoms with E-state index < -0.39 is 5.54 Å². The number of nitrogens with one attached hydrogen (secondary N) is 1. The van der Waals surface area contributed by atoms with Gasteiger partial charge in [-0.25, -0.2) is 0 Å². The average molecular weight is 308 g/mol. The molecule has 0 radical (unpaired) electrons. The highest BCUT2D eigenvalue weighted by atomic mass is 32.2. The van der Waals surface area contributed by atoms with Crippen molar-refractivity contribution >= 4 is 17.7 Å². The van der Waals surface area contributed by atoms with Crippen LogP contribution in [0.4, 0.5) is 0 Å². The molecule has 21 heavy (non-hydrogen) atoms. The van der Waals surface area contributed by atoms with Crippen LogP contribution in [0, 0.1) is 13.8 Å². The SMILES string of the molecule is CCCNC(C)(CCCSc1cc(C)ccc1C)C(N)=O. The molecule has 1 aromatic rings. The molecule has 3 N–H and O–H groups in total. The molecular formula is C17H28N2OS. The number of rotatable bonds is 9. The van der Waals surface area contributed by atoms with E-state index in [0.29, 0.717) is 0 Å². The van der Waals surface area contributed by atoms with E-state index in [1.807, 2.05) is 18.7 Å². The van der Waals surface area contributed by atoms with Crippen LogP contribution in [0.1, 0.15) is 44.2 Å². The zero-order valence-corrected chi connectivity index (χ0v) is 14.5. The van der Waals surface area contributed by atoms with Crippen LogP contribution in [-0.4, -0.2) is 23.7 Å². The van der Waals surface area contributed by atoms with Crippen molar-refractivity contribution in [2.24, 2.45) is 5.73 Å². The normalized spacial score (nSPS) is 13.9. The second-order valence-corrected chi connectivity index (χ2v) is 6.98. The van der Waals surface area contributed by atoms with Crippen LogP contribution in [0.25, 0.3) is 0 Å². The van der Waals surface area contributed by atoms with E-state index in [1.54, 1.807) is 0 Å². The molecule has 1 amide bonds. The number of hydrogen-bond acceptors (Lipinski definition) is 3. The first-order valence-electron chi connectivity index (χ1n) is 7.64. The number of aryl methyl sites for hydroxylation is 2. The Morgan fingerprint density at radius 1 is 1.38 bits per heavy atom. The van der Waals surface area contributed by atoms with Crippen LogP contribution in [0.2, 0.25) is 0 Å². The summed E-state index contributed by atoms with van der Waals surface area (Å²) in [6.07, 6.45) is 2.74. The molecule has 0 saturated carbocycles. The summed E-state index contributed by atoms with van der Waals surface area (Å²) in [6, 6.07) is 6.52. The van der Waals surface area contributed by atoms with Gasteiger partial charge in [-0.3, -0.25) is 4.79 Å². The molecule has 0 aromatic heterocycles. The van der Waals surface area contributed by atoms with E-state index in [2.05, 4.69) is 44.3 Å². The summed E-state index contributed by atoms with van der Waals surface area (Å²) >= 11 is 1.86. The molecule has 0 aliphatic heterocycles. The minimum Gasteiger partial charge on any atom is -0.368 e. The predicted molar refractivity (Wildman–Crippen MR) is 91.8 cm³/mol. The van der Waals surface area contributed by atoms with Crippen molar-refractivity contribution in [1.82, 2.24) is 5.32 Å². The molecule has 4 heteroatoms. The summed E-state index contributed by atoms with van der Waals surface area (Å²) < 4.78 is 0. The summed E-state index contributed by atoms with van der Waals surface area (Å²) in [5.74, 6) is 0.744. The number of benzene rings is 1. The Labute approximate surface area is 133 Å². The summed E-state index contributed by atoms with van der Waals surface area (Å²) in [4.78, 5) is 13.0. The van der Waals surface area contributed by atoms with Crippen molar-refractivity contribution in [3.05, 3.63) is 29.3 Å². The fraction of sp³-hybridized carbons (Fsp3) is 0.588.